The fourth-order valence-electron chi connectivity index (χ4n) is 1.87. The molecule has 0 aromatic carbocycles. The Balaban J connectivity index is 2.29. The summed E-state index contributed by atoms with van der Waals surface area (Å²) < 4.78 is 3.83. The molecule has 0 aliphatic heterocycles. The summed E-state index contributed by atoms with van der Waals surface area (Å²) in [5.41, 5.74) is 2.82. The zero-order valence-corrected chi connectivity index (χ0v) is 10.4. The highest BCUT2D eigenvalue weighted by Gasteiger charge is 2.15. The van der Waals surface area contributed by atoms with Crippen LogP contribution in [0, 0.1) is 13.8 Å². The normalized spacial score (nSPS) is 11.5. The molecule has 0 saturated carbocycles. The van der Waals surface area contributed by atoms with E-state index in [1.54, 1.807) is 17.7 Å². The predicted molar refractivity (Wildman–Crippen MR) is 65.6 cm³/mol. The van der Waals surface area contributed by atoms with Crippen molar-refractivity contribution in [3.63, 3.8) is 0 Å². The Kier molecular flexibility index (Phi) is 2.27. The summed E-state index contributed by atoms with van der Waals surface area (Å²) in [6.07, 6.45) is 3.66. The minimum atomic E-state index is -0.0378. The summed E-state index contributed by atoms with van der Waals surface area (Å²) in [5, 5.41) is 11.4. The molecule has 3 rings (SSSR count). The molecule has 0 amide bonds. The first kappa shape index (κ1) is 10.5. The van der Waals surface area contributed by atoms with Gasteiger partial charge < -0.3 is 5.11 Å². The summed E-state index contributed by atoms with van der Waals surface area (Å²) in [7, 11) is 0. The molecule has 0 aliphatic rings. The third-order valence-electron chi connectivity index (χ3n) is 2.97. The second kappa shape index (κ2) is 3.68. The average molecular weight is 248 g/mol. The maximum atomic E-state index is 9.49. The van der Waals surface area contributed by atoms with Crippen LogP contribution in [-0.2, 0) is 6.61 Å². The van der Waals surface area contributed by atoms with Gasteiger partial charge in [-0.05, 0) is 13.8 Å². The molecule has 0 aliphatic carbocycles. The zero-order valence-electron chi connectivity index (χ0n) is 9.58. The van der Waals surface area contributed by atoms with Gasteiger partial charge in [-0.1, -0.05) is 0 Å². The molecule has 3 aromatic heterocycles. The number of hydrogen-bond acceptors (Lipinski definition) is 4. The molecule has 0 saturated heterocycles. The third kappa shape index (κ3) is 1.41. The van der Waals surface area contributed by atoms with Gasteiger partial charge in [0.15, 0.2) is 10.8 Å². The van der Waals surface area contributed by atoms with Crippen LogP contribution in [0.3, 0.4) is 0 Å². The number of thiazole rings is 1. The number of imidazole rings is 2. The van der Waals surface area contributed by atoms with Crippen LogP contribution in [0.4, 0.5) is 0 Å². The fourth-order valence-corrected chi connectivity index (χ4v) is 2.60. The zero-order chi connectivity index (χ0) is 12.0. The van der Waals surface area contributed by atoms with Crippen molar-refractivity contribution in [2.75, 3.05) is 0 Å². The number of aliphatic hydroxyl groups excluding tert-OH is 1. The van der Waals surface area contributed by atoms with Gasteiger partial charge in [0.05, 0.1) is 18.0 Å². The van der Waals surface area contributed by atoms with E-state index in [4.69, 9.17) is 0 Å². The van der Waals surface area contributed by atoms with Crippen LogP contribution in [0.5, 0.6) is 0 Å². The van der Waals surface area contributed by atoms with Crippen molar-refractivity contribution in [2.45, 2.75) is 20.5 Å². The Morgan fingerprint density at radius 1 is 1.41 bits per heavy atom. The Bertz CT molecular complexity index is 679. The Labute approximate surface area is 102 Å². The number of aromatic nitrogens is 4. The standard InChI is InChI=1S/C11H12N4OS/c1-7-8(2)15(6-12-7)10-9(5-16)14-3-4-17-11(14)13-10/h3-4,6,16H,5H2,1-2H3. The molecule has 88 valence electrons. The first-order valence-corrected chi connectivity index (χ1v) is 6.16. The lowest BCUT2D eigenvalue weighted by atomic mass is 10.3. The Hall–Kier alpha value is -1.66. The molecule has 0 spiro atoms. The van der Waals surface area contributed by atoms with Crippen molar-refractivity contribution >= 4 is 16.3 Å². The highest BCUT2D eigenvalue weighted by molar-refractivity contribution is 7.15. The first-order valence-electron chi connectivity index (χ1n) is 5.28. The van der Waals surface area contributed by atoms with Crippen molar-refractivity contribution in [3.8, 4) is 5.82 Å². The third-order valence-corrected chi connectivity index (χ3v) is 3.73. The maximum Gasteiger partial charge on any atom is 0.195 e. The van der Waals surface area contributed by atoms with Gasteiger partial charge in [0.1, 0.15) is 6.33 Å². The van der Waals surface area contributed by atoms with E-state index in [1.807, 2.05) is 34.4 Å². The van der Waals surface area contributed by atoms with Crippen LogP contribution in [-0.4, -0.2) is 24.0 Å². The number of aliphatic hydroxyl groups is 1. The van der Waals surface area contributed by atoms with Crippen LogP contribution >= 0.6 is 11.3 Å². The second-order valence-corrected chi connectivity index (χ2v) is 4.75. The van der Waals surface area contributed by atoms with Gasteiger partial charge in [-0.15, -0.1) is 11.3 Å². The molecule has 0 radical (unpaired) electrons. The van der Waals surface area contributed by atoms with E-state index in [9.17, 15) is 5.11 Å². The van der Waals surface area contributed by atoms with Crippen molar-refractivity contribution in [2.24, 2.45) is 0 Å². The van der Waals surface area contributed by atoms with Gasteiger partial charge in [0, 0.05) is 17.3 Å². The summed E-state index contributed by atoms with van der Waals surface area (Å²) in [6.45, 7) is 3.92. The summed E-state index contributed by atoms with van der Waals surface area (Å²) in [4.78, 5) is 9.67. The summed E-state index contributed by atoms with van der Waals surface area (Å²) >= 11 is 1.55. The van der Waals surface area contributed by atoms with E-state index in [0.29, 0.717) is 0 Å². The van der Waals surface area contributed by atoms with Crippen LogP contribution < -0.4 is 0 Å². The molecule has 0 bridgehead atoms. The first-order chi connectivity index (χ1) is 8.22. The lowest BCUT2D eigenvalue weighted by Crippen LogP contribution is -2.01. The fraction of sp³-hybridized carbons (Fsp3) is 0.273. The Morgan fingerprint density at radius 2 is 2.24 bits per heavy atom. The molecule has 17 heavy (non-hydrogen) atoms. The molecule has 0 fully saturated rings. The number of hydrogen-bond donors (Lipinski definition) is 1. The van der Waals surface area contributed by atoms with E-state index in [1.165, 1.54) is 0 Å². The van der Waals surface area contributed by atoms with Gasteiger partial charge in [0.2, 0.25) is 0 Å². The molecule has 3 aromatic rings. The van der Waals surface area contributed by atoms with Gasteiger partial charge in [-0.2, -0.15) is 0 Å². The molecule has 0 unspecified atom stereocenters. The van der Waals surface area contributed by atoms with E-state index < -0.39 is 0 Å². The summed E-state index contributed by atoms with van der Waals surface area (Å²) in [5.74, 6) is 0.762. The monoisotopic (exact) mass is 248 g/mol. The topological polar surface area (TPSA) is 55.4 Å². The highest BCUT2D eigenvalue weighted by atomic mass is 32.1. The minimum Gasteiger partial charge on any atom is -0.390 e. The SMILES string of the molecule is Cc1ncn(-c2nc3sccn3c2CO)c1C. The summed E-state index contributed by atoms with van der Waals surface area (Å²) in [6, 6.07) is 0. The van der Waals surface area contributed by atoms with E-state index in [2.05, 4.69) is 9.97 Å². The largest absolute Gasteiger partial charge is 0.390 e. The van der Waals surface area contributed by atoms with E-state index in [-0.39, 0.29) is 6.61 Å². The van der Waals surface area contributed by atoms with Crippen molar-refractivity contribution < 1.29 is 5.11 Å². The van der Waals surface area contributed by atoms with Crippen LogP contribution in [0.25, 0.3) is 10.8 Å². The predicted octanol–water partition coefficient (Wildman–Crippen LogP) is 1.69. The number of aryl methyl sites for hydroxylation is 1. The molecular weight excluding hydrogens is 236 g/mol. The van der Waals surface area contributed by atoms with Crippen LogP contribution in [0.2, 0.25) is 0 Å². The minimum absolute atomic E-state index is 0.0378. The maximum absolute atomic E-state index is 9.49. The van der Waals surface area contributed by atoms with Gasteiger partial charge in [-0.3, -0.25) is 8.97 Å². The molecule has 5 nitrogen and oxygen atoms in total. The van der Waals surface area contributed by atoms with Crippen molar-refractivity contribution in [1.29, 1.82) is 0 Å². The average Bonchev–Trinajstić information content (AvgIpc) is 2.95. The van der Waals surface area contributed by atoms with Gasteiger partial charge in [0.25, 0.3) is 0 Å². The smallest absolute Gasteiger partial charge is 0.195 e. The number of nitrogens with zero attached hydrogens (tertiary/aromatic N) is 4. The molecular formula is C11H12N4OS. The Morgan fingerprint density at radius 3 is 2.88 bits per heavy atom. The van der Waals surface area contributed by atoms with Crippen molar-refractivity contribution in [1.82, 2.24) is 18.9 Å². The van der Waals surface area contributed by atoms with E-state index >= 15 is 0 Å². The van der Waals surface area contributed by atoms with Crippen LogP contribution in [0.1, 0.15) is 17.1 Å². The quantitative estimate of drug-likeness (QED) is 0.751. The highest BCUT2D eigenvalue weighted by Crippen LogP contribution is 2.22. The van der Waals surface area contributed by atoms with Gasteiger partial charge >= 0.3 is 0 Å². The molecule has 0 atom stereocenters. The van der Waals surface area contributed by atoms with Gasteiger partial charge in [-0.25, -0.2) is 9.97 Å². The number of fused-ring (bicyclic) bond motifs is 1. The number of rotatable bonds is 2. The van der Waals surface area contributed by atoms with E-state index in [0.717, 1.165) is 27.9 Å². The van der Waals surface area contributed by atoms with Crippen molar-refractivity contribution in [3.05, 3.63) is 35.0 Å². The second-order valence-electron chi connectivity index (χ2n) is 3.88. The molecule has 6 heteroatoms. The van der Waals surface area contributed by atoms with Crippen LogP contribution in [0.15, 0.2) is 17.9 Å². The lowest BCUT2D eigenvalue weighted by Gasteiger charge is -2.04. The lowest BCUT2D eigenvalue weighted by molar-refractivity contribution is 0.275. The molecule has 3 heterocycles. The molecule has 1 N–H and O–H groups in total.